The molecule has 2 aromatic rings. The van der Waals surface area contributed by atoms with Gasteiger partial charge in [0.15, 0.2) is 0 Å². The first kappa shape index (κ1) is 14.4. The number of hydrogen-bond donors (Lipinski definition) is 1. The van der Waals surface area contributed by atoms with Crippen LogP contribution in [0, 0.1) is 6.92 Å². The van der Waals surface area contributed by atoms with Gasteiger partial charge in [-0.3, -0.25) is 4.79 Å². The molecule has 0 spiro atoms. The smallest absolute Gasteiger partial charge is 0.304 e. The van der Waals surface area contributed by atoms with Gasteiger partial charge < -0.3 is 14.4 Å². The van der Waals surface area contributed by atoms with E-state index in [-0.39, 0.29) is 6.42 Å². The van der Waals surface area contributed by atoms with Gasteiger partial charge in [-0.05, 0) is 30.2 Å². The average Bonchev–Trinajstić information content (AvgIpc) is 2.66. The number of aliphatic carboxylic acids is 1. The number of carboxylic acids is 1. The molecule has 0 aliphatic heterocycles. The summed E-state index contributed by atoms with van der Waals surface area (Å²) in [7, 11) is 3.63. The lowest BCUT2D eigenvalue weighted by Crippen LogP contribution is -2.21. The highest BCUT2D eigenvalue weighted by atomic mass is 16.5. The number of aryl methyl sites for hydroxylation is 2. The van der Waals surface area contributed by atoms with Crippen LogP contribution in [0.2, 0.25) is 0 Å². The Balaban J connectivity index is 2.71. The molecule has 1 aromatic carbocycles. The first-order valence-electron chi connectivity index (χ1n) is 6.62. The van der Waals surface area contributed by atoms with E-state index in [1.807, 2.05) is 46.1 Å². The third-order valence-electron chi connectivity index (χ3n) is 3.80. The van der Waals surface area contributed by atoms with Crippen molar-refractivity contribution in [1.29, 1.82) is 0 Å². The van der Waals surface area contributed by atoms with Crippen LogP contribution in [0.5, 0.6) is 5.75 Å². The monoisotopic (exact) mass is 275 g/mol. The molecular weight excluding hydrogens is 254 g/mol. The van der Waals surface area contributed by atoms with Gasteiger partial charge >= 0.3 is 5.97 Å². The molecular formula is C16H21NO3. The maximum absolute atomic E-state index is 11.1. The van der Waals surface area contributed by atoms with Gasteiger partial charge in [0.05, 0.1) is 19.0 Å². The minimum absolute atomic E-state index is 0.0996. The van der Waals surface area contributed by atoms with E-state index in [1.54, 1.807) is 7.11 Å². The SMILES string of the molecule is COc1cc(C)c2c(c1)c(C(C)(C)CC(=O)O)cn2C. The minimum Gasteiger partial charge on any atom is -0.497 e. The Bertz CT molecular complexity index is 668. The lowest BCUT2D eigenvalue weighted by atomic mass is 9.81. The van der Waals surface area contributed by atoms with Crippen LogP contribution in [0.1, 0.15) is 31.4 Å². The number of carbonyl (C=O) groups is 1. The highest BCUT2D eigenvalue weighted by Gasteiger charge is 2.28. The second-order valence-corrected chi connectivity index (χ2v) is 5.95. The summed E-state index contributed by atoms with van der Waals surface area (Å²) in [6.07, 6.45) is 2.13. The van der Waals surface area contributed by atoms with E-state index in [1.165, 1.54) is 0 Å². The molecule has 0 saturated carbocycles. The molecule has 20 heavy (non-hydrogen) atoms. The van der Waals surface area contributed by atoms with Gasteiger partial charge in [-0.2, -0.15) is 0 Å². The van der Waals surface area contributed by atoms with Crippen LogP contribution in [0.3, 0.4) is 0 Å². The van der Waals surface area contributed by atoms with Crippen molar-refractivity contribution in [3.8, 4) is 5.75 Å². The second-order valence-electron chi connectivity index (χ2n) is 5.95. The van der Waals surface area contributed by atoms with E-state index in [0.717, 1.165) is 27.8 Å². The molecule has 4 nitrogen and oxygen atoms in total. The minimum atomic E-state index is -0.786. The molecule has 0 saturated heterocycles. The fraction of sp³-hybridized carbons (Fsp3) is 0.438. The van der Waals surface area contributed by atoms with E-state index in [2.05, 4.69) is 4.57 Å². The van der Waals surface area contributed by atoms with Crippen molar-refractivity contribution in [3.05, 3.63) is 29.5 Å². The molecule has 0 aliphatic rings. The summed E-state index contributed by atoms with van der Waals surface area (Å²) in [6, 6.07) is 3.98. The number of fused-ring (bicyclic) bond motifs is 1. The summed E-state index contributed by atoms with van der Waals surface area (Å²) in [4.78, 5) is 11.1. The number of carboxylic acid groups (broad SMARTS) is 1. The Morgan fingerprint density at radius 2 is 2.05 bits per heavy atom. The van der Waals surface area contributed by atoms with Gasteiger partial charge in [-0.15, -0.1) is 0 Å². The maximum atomic E-state index is 11.1. The van der Waals surface area contributed by atoms with E-state index in [4.69, 9.17) is 9.84 Å². The Labute approximate surface area is 119 Å². The molecule has 0 amide bonds. The van der Waals surface area contributed by atoms with Crippen molar-refractivity contribution in [1.82, 2.24) is 4.57 Å². The molecule has 1 aromatic heterocycles. The third kappa shape index (κ3) is 2.38. The lowest BCUT2D eigenvalue weighted by molar-refractivity contribution is -0.138. The number of nitrogens with zero attached hydrogens (tertiary/aromatic N) is 1. The van der Waals surface area contributed by atoms with Crippen molar-refractivity contribution >= 4 is 16.9 Å². The fourth-order valence-electron chi connectivity index (χ4n) is 2.88. The molecule has 0 atom stereocenters. The summed E-state index contributed by atoms with van der Waals surface area (Å²) in [5.74, 6) is 0.0141. The zero-order valence-electron chi connectivity index (χ0n) is 12.7. The highest BCUT2D eigenvalue weighted by Crippen LogP contribution is 2.37. The van der Waals surface area contributed by atoms with Gasteiger partial charge in [0.25, 0.3) is 0 Å². The molecule has 108 valence electrons. The molecule has 0 fully saturated rings. The van der Waals surface area contributed by atoms with Crippen LogP contribution >= 0.6 is 0 Å². The molecule has 4 heteroatoms. The normalized spacial score (nSPS) is 11.8. The van der Waals surface area contributed by atoms with E-state index >= 15 is 0 Å². The average molecular weight is 275 g/mol. The van der Waals surface area contributed by atoms with Gasteiger partial charge in [0.1, 0.15) is 5.75 Å². The number of benzene rings is 1. The zero-order valence-corrected chi connectivity index (χ0v) is 12.7. The molecule has 0 bridgehead atoms. The van der Waals surface area contributed by atoms with Crippen LogP contribution in [0.25, 0.3) is 10.9 Å². The molecule has 1 heterocycles. The fourth-order valence-corrected chi connectivity index (χ4v) is 2.88. The number of ether oxygens (including phenoxy) is 1. The number of hydrogen-bond acceptors (Lipinski definition) is 2. The van der Waals surface area contributed by atoms with Crippen molar-refractivity contribution in [2.24, 2.45) is 7.05 Å². The Hall–Kier alpha value is -1.97. The molecule has 2 rings (SSSR count). The first-order chi connectivity index (χ1) is 9.26. The standard InChI is InChI=1S/C16H21NO3/c1-10-6-11(20-5)7-12-13(9-17(4)15(10)12)16(2,3)8-14(18)19/h6-7,9H,8H2,1-5H3,(H,18,19). The number of rotatable bonds is 4. The van der Waals surface area contributed by atoms with Gasteiger partial charge in [0.2, 0.25) is 0 Å². The predicted octanol–water partition coefficient (Wildman–Crippen LogP) is 3.25. The molecule has 0 unspecified atom stereocenters. The Kier molecular flexibility index (Phi) is 3.50. The number of methoxy groups -OCH3 is 1. The Morgan fingerprint density at radius 1 is 1.40 bits per heavy atom. The summed E-state index contributed by atoms with van der Waals surface area (Å²) in [5, 5.41) is 10.2. The summed E-state index contributed by atoms with van der Waals surface area (Å²) < 4.78 is 7.39. The third-order valence-corrected chi connectivity index (χ3v) is 3.80. The largest absolute Gasteiger partial charge is 0.497 e. The highest BCUT2D eigenvalue weighted by molar-refractivity contribution is 5.89. The van der Waals surface area contributed by atoms with Crippen LogP contribution in [0.4, 0.5) is 0 Å². The number of aromatic nitrogens is 1. The quantitative estimate of drug-likeness (QED) is 0.932. The first-order valence-corrected chi connectivity index (χ1v) is 6.62. The van der Waals surface area contributed by atoms with Crippen molar-refractivity contribution in [3.63, 3.8) is 0 Å². The van der Waals surface area contributed by atoms with Gasteiger partial charge in [0, 0.05) is 24.0 Å². The predicted molar refractivity (Wildman–Crippen MR) is 79.5 cm³/mol. The van der Waals surface area contributed by atoms with Gasteiger partial charge in [-0.1, -0.05) is 13.8 Å². The van der Waals surface area contributed by atoms with E-state index in [9.17, 15) is 4.79 Å². The zero-order chi connectivity index (χ0) is 15.1. The van der Waals surface area contributed by atoms with Crippen molar-refractivity contribution < 1.29 is 14.6 Å². The topological polar surface area (TPSA) is 51.5 Å². The summed E-state index contributed by atoms with van der Waals surface area (Å²) in [6.45, 7) is 5.97. The van der Waals surface area contributed by atoms with E-state index < -0.39 is 11.4 Å². The Morgan fingerprint density at radius 3 is 2.60 bits per heavy atom. The molecule has 0 radical (unpaired) electrons. The maximum Gasteiger partial charge on any atom is 0.304 e. The van der Waals surface area contributed by atoms with Crippen LogP contribution in [-0.2, 0) is 17.3 Å². The lowest BCUT2D eigenvalue weighted by Gasteiger charge is -2.22. The van der Waals surface area contributed by atoms with Crippen LogP contribution in [0.15, 0.2) is 18.3 Å². The van der Waals surface area contributed by atoms with Crippen molar-refractivity contribution in [2.45, 2.75) is 32.6 Å². The van der Waals surface area contributed by atoms with E-state index in [0.29, 0.717) is 0 Å². The van der Waals surface area contributed by atoms with Crippen LogP contribution < -0.4 is 4.74 Å². The molecule has 1 N–H and O–H groups in total. The van der Waals surface area contributed by atoms with Gasteiger partial charge in [-0.25, -0.2) is 0 Å². The van der Waals surface area contributed by atoms with Crippen molar-refractivity contribution in [2.75, 3.05) is 7.11 Å². The molecule has 0 aliphatic carbocycles. The summed E-state index contributed by atoms with van der Waals surface area (Å²) in [5.41, 5.74) is 2.86. The summed E-state index contributed by atoms with van der Waals surface area (Å²) >= 11 is 0. The second kappa shape index (κ2) is 4.85. The van der Waals surface area contributed by atoms with Crippen LogP contribution in [-0.4, -0.2) is 22.8 Å².